The van der Waals surface area contributed by atoms with Crippen molar-refractivity contribution in [1.82, 2.24) is 20.2 Å². The van der Waals surface area contributed by atoms with E-state index in [4.69, 9.17) is 4.74 Å². The van der Waals surface area contributed by atoms with E-state index in [1.165, 1.54) is 24.0 Å². The average molecular weight is 502 g/mol. The number of aryl methyl sites for hydroxylation is 1. The summed E-state index contributed by atoms with van der Waals surface area (Å²) >= 11 is 1.21. The summed E-state index contributed by atoms with van der Waals surface area (Å²) in [5.74, 6) is -0.0440. The minimum atomic E-state index is -1.07. The van der Waals surface area contributed by atoms with Crippen LogP contribution in [0.4, 0.5) is 0 Å². The molecule has 0 saturated carbocycles. The van der Waals surface area contributed by atoms with Gasteiger partial charge in [0, 0.05) is 16.8 Å². The Morgan fingerprint density at radius 3 is 2.47 bits per heavy atom. The molecule has 3 aromatic carbocycles. The van der Waals surface area contributed by atoms with Gasteiger partial charge in [0.2, 0.25) is 0 Å². The highest BCUT2D eigenvalue weighted by Gasteiger charge is 2.17. The number of carboxylic acids is 1. The van der Waals surface area contributed by atoms with Crippen molar-refractivity contribution in [3.05, 3.63) is 89.5 Å². The van der Waals surface area contributed by atoms with Crippen LogP contribution in [-0.4, -0.2) is 50.8 Å². The number of thioether (sulfide) groups is 1. The lowest BCUT2D eigenvalue weighted by atomic mass is 10.1. The predicted molar refractivity (Wildman–Crippen MR) is 138 cm³/mol. The molecule has 0 unspecified atom stereocenters. The fourth-order valence-corrected chi connectivity index (χ4v) is 4.10. The van der Waals surface area contributed by atoms with Crippen LogP contribution in [0.5, 0.6) is 5.75 Å². The minimum absolute atomic E-state index is 0.0279. The summed E-state index contributed by atoms with van der Waals surface area (Å²) in [7, 11) is 1.61. The number of hydrogen-bond donors (Lipinski definition) is 2. The summed E-state index contributed by atoms with van der Waals surface area (Å²) in [6, 6.07) is 21.8. The Kier molecular flexibility index (Phi) is 7.76. The van der Waals surface area contributed by atoms with Crippen molar-refractivity contribution in [2.45, 2.75) is 12.1 Å². The first-order valence-corrected chi connectivity index (χ1v) is 11.9. The van der Waals surface area contributed by atoms with E-state index < -0.39 is 5.97 Å². The molecule has 4 rings (SSSR count). The maximum absolute atomic E-state index is 12.4. The molecule has 36 heavy (non-hydrogen) atoms. The molecule has 0 fully saturated rings. The second-order valence-electron chi connectivity index (χ2n) is 7.68. The largest absolute Gasteiger partial charge is 0.497 e. The number of nitrogens with one attached hydrogen (secondary N) is 1. The average Bonchev–Trinajstić information content (AvgIpc) is 3.32. The number of methoxy groups -OCH3 is 1. The van der Waals surface area contributed by atoms with Crippen molar-refractivity contribution in [2.24, 2.45) is 5.10 Å². The minimum Gasteiger partial charge on any atom is -0.497 e. The fourth-order valence-electron chi connectivity index (χ4n) is 3.36. The van der Waals surface area contributed by atoms with Crippen LogP contribution in [0.25, 0.3) is 17.1 Å². The maximum Gasteiger partial charge on any atom is 0.336 e. The molecule has 2 N–H and O–H groups in total. The van der Waals surface area contributed by atoms with Gasteiger partial charge < -0.3 is 9.84 Å². The van der Waals surface area contributed by atoms with Crippen LogP contribution < -0.4 is 10.2 Å². The standard InChI is InChI=1S/C26H23N5O4S/c1-17-7-9-18(10-8-17)24-29-30-26(31(24)20-11-13-21(35-2)14-12-20)36-16-23(32)28-27-15-19-5-3-4-6-22(19)25(33)34/h3-15H,16H2,1-2H3,(H,28,32)(H,33,34). The van der Waals surface area contributed by atoms with Gasteiger partial charge >= 0.3 is 5.97 Å². The van der Waals surface area contributed by atoms with Gasteiger partial charge in [0.05, 0.1) is 24.6 Å². The van der Waals surface area contributed by atoms with E-state index in [1.54, 1.807) is 25.3 Å². The van der Waals surface area contributed by atoms with E-state index >= 15 is 0 Å². The summed E-state index contributed by atoms with van der Waals surface area (Å²) in [4.78, 5) is 23.7. The van der Waals surface area contributed by atoms with Crippen molar-refractivity contribution in [2.75, 3.05) is 12.9 Å². The zero-order valence-corrected chi connectivity index (χ0v) is 20.4. The molecule has 1 aromatic heterocycles. The van der Waals surface area contributed by atoms with Gasteiger partial charge in [0.1, 0.15) is 5.75 Å². The quantitative estimate of drug-likeness (QED) is 0.200. The molecule has 0 aliphatic rings. The molecule has 9 nitrogen and oxygen atoms in total. The lowest BCUT2D eigenvalue weighted by Crippen LogP contribution is -2.20. The number of nitrogens with zero attached hydrogens (tertiary/aromatic N) is 4. The smallest absolute Gasteiger partial charge is 0.336 e. The first-order valence-electron chi connectivity index (χ1n) is 10.9. The summed E-state index contributed by atoms with van der Waals surface area (Å²) < 4.78 is 7.15. The molecule has 0 spiro atoms. The van der Waals surface area contributed by atoms with Crippen LogP contribution in [-0.2, 0) is 4.79 Å². The first-order chi connectivity index (χ1) is 17.5. The van der Waals surface area contributed by atoms with Crippen LogP contribution >= 0.6 is 11.8 Å². The molecule has 0 aliphatic carbocycles. The zero-order valence-electron chi connectivity index (χ0n) is 19.6. The highest BCUT2D eigenvalue weighted by Crippen LogP contribution is 2.29. The van der Waals surface area contributed by atoms with Crippen LogP contribution in [0, 0.1) is 6.92 Å². The lowest BCUT2D eigenvalue weighted by Gasteiger charge is -2.11. The van der Waals surface area contributed by atoms with E-state index in [2.05, 4.69) is 20.7 Å². The topological polar surface area (TPSA) is 119 Å². The third kappa shape index (κ3) is 5.78. The highest BCUT2D eigenvalue weighted by molar-refractivity contribution is 7.99. The zero-order chi connectivity index (χ0) is 25.5. The second kappa shape index (κ2) is 11.3. The van der Waals surface area contributed by atoms with Crippen LogP contribution in [0.15, 0.2) is 83.1 Å². The Labute approximate surface area is 211 Å². The van der Waals surface area contributed by atoms with Crippen LogP contribution in [0.1, 0.15) is 21.5 Å². The molecule has 1 amide bonds. The molecule has 0 saturated heterocycles. The molecule has 0 radical (unpaired) electrons. The number of carbonyl (C=O) groups is 2. The van der Waals surface area contributed by atoms with Gasteiger partial charge in [-0.3, -0.25) is 9.36 Å². The number of hydrazone groups is 1. The Hall–Kier alpha value is -4.44. The lowest BCUT2D eigenvalue weighted by molar-refractivity contribution is -0.118. The van der Waals surface area contributed by atoms with Gasteiger partial charge in [-0.25, -0.2) is 10.2 Å². The number of aromatic nitrogens is 3. The third-order valence-electron chi connectivity index (χ3n) is 5.19. The number of benzene rings is 3. The normalized spacial score (nSPS) is 10.9. The maximum atomic E-state index is 12.4. The number of hydrogen-bond acceptors (Lipinski definition) is 7. The van der Waals surface area contributed by atoms with E-state index in [1.807, 2.05) is 60.0 Å². The summed E-state index contributed by atoms with van der Waals surface area (Å²) in [6.45, 7) is 2.01. The van der Waals surface area contributed by atoms with Crippen LogP contribution in [0.3, 0.4) is 0 Å². The van der Waals surface area contributed by atoms with Gasteiger partial charge in [0.25, 0.3) is 5.91 Å². The summed E-state index contributed by atoms with van der Waals surface area (Å²) in [5.41, 5.74) is 5.76. The first kappa shape index (κ1) is 24.7. The van der Waals surface area contributed by atoms with E-state index in [0.29, 0.717) is 16.5 Å². The van der Waals surface area contributed by atoms with Gasteiger partial charge in [0.15, 0.2) is 11.0 Å². The number of carbonyl (C=O) groups excluding carboxylic acids is 1. The molecular weight excluding hydrogens is 478 g/mol. The molecule has 10 heteroatoms. The van der Waals surface area contributed by atoms with Crippen molar-refractivity contribution >= 4 is 29.9 Å². The highest BCUT2D eigenvalue weighted by atomic mass is 32.2. The molecule has 4 aromatic rings. The van der Waals surface area contributed by atoms with Gasteiger partial charge in [-0.1, -0.05) is 59.8 Å². The molecule has 0 atom stereocenters. The second-order valence-corrected chi connectivity index (χ2v) is 8.62. The van der Waals surface area contributed by atoms with E-state index in [-0.39, 0.29) is 17.2 Å². The number of carboxylic acid groups (broad SMARTS) is 1. The SMILES string of the molecule is COc1ccc(-n2c(SCC(=O)NN=Cc3ccccc3C(=O)O)nnc2-c2ccc(C)cc2)cc1. The van der Waals surface area contributed by atoms with Gasteiger partial charge in [-0.05, 0) is 37.3 Å². The Morgan fingerprint density at radius 1 is 1.06 bits per heavy atom. The van der Waals surface area contributed by atoms with Crippen molar-refractivity contribution in [3.63, 3.8) is 0 Å². The number of rotatable bonds is 9. The molecule has 0 aliphatic heterocycles. The Morgan fingerprint density at radius 2 is 1.78 bits per heavy atom. The Bertz CT molecular complexity index is 1400. The fraction of sp³-hybridized carbons (Fsp3) is 0.115. The number of amides is 1. The number of aromatic carboxylic acids is 1. The molecule has 1 heterocycles. The molecule has 182 valence electrons. The third-order valence-corrected chi connectivity index (χ3v) is 6.12. The van der Waals surface area contributed by atoms with E-state index in [0.717, 1.165) is 22.6 Å². The number of ether oxygens (including phenoxy) is 1. The van der Waals surface area contributed by atoms with Crippen molar-refractivity contribution in [3.8, 4) is 22.8 Å². The predicted octanol–water partition coefficient (Wildman–Crippen LogP) is 4.19. The van der Waals surface area contributed by atoms with Crippen molar-refractivity contribution in [1.29, 1.82) is 0 Å². The summed E-state index contributed by atoms with van der Waals surface area (Å²) in [5, 5.41) is 22.4. The molecular formula is C26H23N5O4S. The monoisotopic (exact) mass is 501 g/mol. The molecule has 0 bridgehead atoms. The van der Waals surface area contributed by atoms with Crippen LogP contribution in [0.2, 0.25) is 0 Å². The van der Waals surface area contributed by atoms with Gasteiger partial charge in [-0.2, -0.15) is 5.10 Å². The Balaban J connectivity index is 1.52. The summed E-state index contributed by atoms with van der Waals surface area (Å²) in [6.07, 6.45) is 1.31. The van der Waals surface area contributed by atoms with Crippen molar-refractivity contribution < 1.29 is 19.4 Å². The van der Waals surface area contributed by atoms with E-state index in [9.17, 15) is 14.7 Å². The van der Waals surface area contributed by atoms with Gasteiger partial charge in [-0.15, -0.1) is 10.2 Å².